The van der Waals surface area contributed by atoms with Gasteiger partial charge in [0.15, 0.2) is 0 Å². The average Bonchev–Trinajstić information content (AvgIpc) is 2.79. The van der Waals surface area contributed by atoms with Crippen molar-refractivity contribution in [2.75, 3.05) is 0 Å². The van der Waals surface area contributed by atoms with Gasteiger partial charge >= 0.3 is 0 Å². The summed E-state index contributed by atoms with van der Waals surface area (Å²) in [4.78, 5) is 0. The van der Waals surface area contributed by atoms with Crippen LogP contribution < -0.4 is 0 Å². The van der Waals surface area contributed by atoms with Gasteiger partial charge in [-0.1, -0.05) is 19.9 Å². The Bertz CT molecular complexity index is 576. The fraction of sp³-hybridized carbons (Fsp3) is 0.400. The lowest BCUT2D eigenvalue weighted by molar-refractivity contribution is 0.275. The van der Waals surface area contributed by atoms with Gasteiger partial charge in [-0.3, -0.25) is 4.68 Å². The molecule has 2 aromatic rings. The summed E-state index contributed by atoms with van der Waals surface area (Å²) < 4.78 is 15.6. The van der Waals surface area contributed by atoms with Crippen LogP contribution in [0.25, 0.3) is 11.1 Å². The Labute approximate surface area is 112 Å². The number of hydrogen-bond acceptors (Lipinski definition) is 2. The molecule has 0 atom stereocenters. The molecule has 0 amide bonds. The van der Waals surface area contributed by atoms with E-state index in [0.29, 0.717) is 11.5 Å². The maximum atomic E-state index is 13.7. The molecular weight excluding hydrogens is 243 g/mol. The van der Waals surface area contributed by atoms with Crippen LogP contribution in [-0.2, 0) is 13.2 Å². The van der Waals surface area contributed by atoms with E-state index in [-0.39, 0.29) is 12.4 Å². The van der Waals surface area contributed by atoms with Crippen LogP contribution in [0.3, 0.4) is 0 Å². The second-order valence-electron chi connectivity index (χ2n) is 5.26. The third kappa shape index (κ3) is 3.01. The zero-order chi connectivity index (χ0) is 14.0. The Morgan fingerprint density at radius 3 is 2.74 bits per heavy atom. The molecule has 0 bridgehead atoms. The monoisotopic (exact) mass is 262 g/mol. The van der Waals surface area contributed by atoms with Crippen LogP contribution in [0.4, 0.5) is 4.39 Å². The summed E-state index contributed by atoms with van der Waals surface area (Å²) in [7, 11) is 0. The van der Waals surface area contributed by atoms with Gasteiger partial charge in [-0.2, -0.15) is 5.10 Å². The number of hydrogen-bond donors (Lipinski definition) is 1. The molecule has 0 fully saturated rings. The normalized spacial score (nSPS) is 11.3. The van der Waals surface area contributed by atoms with E-state index in [2.05, 4.69) is 18.9 Å². The van der Waals surface area contributed by atoms with Crippen molar-refractivity contribution in [3.05, 3.63) is 41.5 Å². The van der Waals surface area contributed by atoms with Crippen LogP contribution in [0.2, 0.25) is 0 Å². The van der Waals surface area contributed by atoms with E-state index in [1.807, 2.05) is 17.8 Å². The molecular formula is C15H19FN2O. The molecule has 2 rings (SSSR count). The highest BCUT2D eigenvalue weighted by Crippen LogP contribution is 2.26. The standard InChI is InChI=1S/C15H19FN2O/c1-10(2)7-18-8-13(6-17-18)14-5-15(16)12(9-19)4-11(14)3/h4-6,8,10,19H,7,9H2,1-3H3. The van der Waals surface area contributed by atoms with Gasteiger partial charge < -0.3 is 5.11 Å². The van der Waals surface area contributed by atoms with Crippen LogP contribution in [0.5, 0.6) is 0 Å². The number of halogens is 1. The van der Waals surface area contributed by atoms with Gasteiger partial charge in [-0.15, -0.1) is 0 Å². The van der Waals surface area contributed by atoms with E-state index in [1.165, 1.54) is 6.07 Å². The first-order valence-electron chi connectivity index (χ1n) is 6.44. The minimum atomic E-state index is -0.375. The Morgan fingerprint density at radius 1 is 1.37 bits per heavy atom. The molecule has 0 radical (unpaired) electrons. The van der Waals surface area contributed by atoms with Crippen molar-refractivity contribution in [1.82, 2.24) is 9.78 Å². The van der Waals surface area contributed by atoms with E-state index in [0.717, 1.165) is 23.2 Å². The van der Waals surface area contributed by atoms with Crippen molar-refractivity contribution in [2.24, 2.45) is 5.92 Å². The third-order valence-corrected chi connectivity index (χ3v) is 3.06. The summed E-state index contributed by atoms with van der Waals surface area (Å²) in [5.74, 6) is 0.141. The van der Waals surface area contributed by atoms with E-state index < -0.39 is 0 Å². The lowest BCUT2D eigenvalue weighted by Gasteiger charge is -2.07. The molecule has 19 heavy (non-hydrogen) atoms. The third-order valence-electron chi connectivity index (χ3n) is 3.06. The summed E-state index contributed by atoms with van der Waals surface area (Å²) in [5.41, 5.74) is 3.00. The molecule has 3 nitrogen and oxygen atoms in total. The van der Waals surface area contributed by atoms with Crippen LogP contribution in [0, 0.1) is 18.7 Å². The first-order chi connectivity index (χ1) is 9.01. The molecule has 0 saturated carbocycles. The molecule has 102 valence electrons. The van der Waals surface area contributed by atoms with Crippen LogP contribution in [0.1, 0.15) is 25.0 Å². The maximum Gasteiger partial charge on any atom is 0.129 e. The van der Waals surface area contributed by atoms with Crippen LogP contribution in [-0.4, -0.2) is 14.9 Å². The van der Waals surface area contributed by atoms with Gasteiger partial charge in [-0.25, -0.2) is 4.39 Å². The molecule has 0 aliphatic carbocycles. The van der Waals surface area contributed by atoms with Gasteiger partial charge in [0.1, 0.15) is 5.82 Å². The van der Waals surface area contributed by atoms with E-state index in [9.17, 15) is 4.39 Å². The van der Waals surface area contributed by atoms with Crippen molar-refractivity contribution >= 4 is 0 Å². The second kappa shape index (κ2) is 5.53. The van der Waals surface area contributed by atoms with Crippen molar-refractivity contribution in [3.8, 4) is 11.1 Å². The van der Waals surface area contributed by atoms with Crippen molar-refractivity contribution in [1.29, 1.82) is 0 Å². The van der Waals surface area contributed by atoms with Gasteiger partial charge in [0, 0.05) is 23.9 Å². The number of aliphatic hydroxyl groups excluding tert-OH is 1. The summed E-state index contributed by atoms with van der Waals surface area (Å²) in [6.07, 6.45) is 3.68. The van der Waals surface area contributed by atoms with E-state index >= 15 is 0 Å². The van der Waals surface area contributed by atoms with Gasteiger partial charge in [0.05, 0.1) is 12.8 Å². The highest BCUT2D eigenvalue weighted by Gasteiger charge is 2.10. The van der Waals surface area contributed by atoms with E-state index in [1.54, 1.807) is 12.3 Å². The molecule has 4 heteroatoms. The summed E-state index contributed by atoms with van der Waals surface area (Å²) in [5, 5.41) is 13.3. The highest BCUT2D eigenvalue weighted by molar-refractivity contribution is 5.66. The maximum absolute atomic E-state index is 13.7. The highest BCUT2D eigenvalue weighted by atomic mass is 19.1. The fourth-order valence-corrected chi connectivity index (χ4v) is 2.15. The first-order valence-corrected chi connectivity index (χ1v) is 6.44. The topological polar surface area (TPSA) is 38.1 Å². The lowest BCUT2D eigenvalue weighted by Crippen LogP contribution is -2.04. The largest absolute Gasteiger partial charge is 0.392 e. The predicted octanol–water partition coefficient (Wildman–Crippen LogP) is 3.15. The molecule has 1 heterocycles. The predicted molar refractivity (Wildman–Crippen MR) is 73.1 cm³/mol. The van der Waals surface area contributed by atoms with Gasteiger partial charge in [-0.05, 0) is 30.0 Å². The number of aliphatic hydroxyl groups is 1. The summed E-state index contributed by atoms with van der Waals surface area (Å²) in [6, 6.07) is 3.15. The smallest absolute Gasteiger partial charge is 0.129 e. The number of benzene rings is 1. The SMILES string of the molecule is Cc1cc(CO)c(F)cc1-c1cnn(CC(C)C)c1. The zero-order valence-corrected chi connectivity index (χ0v) is 11.5. The Balaban J connectivity index is 2.36. The zero-order valence-electron chi connectivity index (χ0n) is 11.5. The number of nitrogens with zero attached hydrogens (tertiary/aromatic N) is 2. The molecule has 0 aliphatic rings. The minimum absolute atomic E-state index is 0.278. The molecule has 1 aromatic carbocycles. The fourth-order valence-electron chi connectivity index (χ4n) is 2.15. The van der Waals surface area contributed by atoms with Gasteiger partial charge in [0.25, 0.3) is 0 Å². The Hall–Kier alpha value is -1.68. The van der Waals surface area contributed by atoms with Crippen molar-refractivity contribution < 1.29 is 9.50 Å². The van der Waals surface area contributed by atoms with Gasteiger partial charge in [0.2, 0.25) is 0 Å². The molecule has 1 aromatic heterocycles. The minimum Gasteiger partial charge on any atom is -0.392 e. The van der Waals surface area contributed by atoms with Crippen molar-refractivity contribution in [2.45, 2.75) is 33.9 Å². The number of rotatable bonds is 4. The summed E-state index contributed by atoms with van der Waals surface area (Å²) in [6.45, 7) is 6.73. The number of aryl methyl sites for hydroxylation is 1. The molecule has 0 spiro atoms. The van der Waals surface area contributed by atoms with Crippen LogP contribution >= 0.6 is 0 Å². The first kappa shape index (κ1) is 13.7. The summed E-state index contributed by atoms with van der Waals surface area (Å²) >= 11 is 0. The molecule has 1 N–H and O–H groups in total. The molecule has 0 unspecified atom stereocenters. The van der Waals surface area contributed by atoms with Crippen molar-refractivity contribution in [3.63, 3.8) is 0 Å². The Morgan fingerprint density at radius 2 is 2.11 bits per heavy atom. The number of aromatic nitrogens is 2. The Kier molecular flexibility index (Phi) is 4.00. The molecule has 0 aliphatic heterocycles. The van der Waals surface area contributed by atoms with Crippen LogP contribution in [0.15, 0.2) is 24.5 Å². The second-order valence-corrected chi connectivity index (χ2v) is 5.26. The average molecular weight is 262 g/mol. The lowest BCUT2D eigenvalue weighted by atomic mass is 10.0. The molecule has 0 saturated heterocycles. The quantitative estimate of drug-likeness (QED) is 0.919. The van der Waals surface area contributed by atoms with E-state index in [4.69, 9.17) is 5.11 Å².